The van der Waals surface area contributed by atoms with Crippen LogP contribution in [0.3, 0.4) is 0 Å². The monoisotopic (exact) mass is 303 g/mol. The minimum absolute atomic E-state index is 0.0520. The first kappa shape index (κ1) is 13.8. The fourth-order valence-electron chi connectivity index (χ4n) is 3.32. The number of aryl methyl sites for hydroxylation is 2. The number of aromatic amines is 1. The summed E-state index contributed by atoms with van der Waals surface area (Å²) in [6.07, 6.45) is 3.15. The zero-order chi connectivity index (χ0) is 15.8. The highest BCUT2D eigenvalue weighted by molar-refractivity contribution is 5.82. The molecule has 0 aliphatic heterocycles. The van der Waals surface area contributed by atoms with Crippen LogP contribution in [0.2, 0.25) is 0 Å². The number of hydrogen-bond acceptors (Lipinski definition) is 3. The lowest BCUT2D eigenvalue weighted by molar-refractivity contribution is 0.183. The fourth-order valence-corrected chi connectivity index (χ4v) is 3.32. The number of ether oxygens (including phenoxy) is 1. The number of nitriles is 1. The van der Waals surface area contributed by atoms with Crippen LogP contribution in [0, 0.1) is 18.3 Å². The maximum Gasteiger partial charge on any atom is 0.124 e. The van der Waals surface area contributed by atoms with Crippen molar-refractivity contribution in [3.63, 3.8) is 0 Å². The Morgan fingerprint density at radius 3 is 3.04 bits per heavy atom. The molecule has 0 amide bonds. The Morgan fingerprint density at radius 1 is 1.26 bits per heavy atom. The normalized spacial score (nSPS) is 16.8. The molecule has 2 aromatic carbocycles. The summed E-state index contributed by atoms with van der Waals surface area (Å²) < 4.78 is 6.26. The SMILES string of the molecule is Cc1n[nH]c2ccc(OC3CCCc4cc(C#N)ccc43)cc12. The first-order valence-electron chi connectivity index (χ1n) is 7.89. The van der Waals surface area contributed by atoms with Gasteiger partial charge in [-0.2, -0.15) is 10.4 Å². The van der Waals surface area contributed by atoms with Gasteiger partial charge in [0.1, 0.15) is 11.9 Å². The molecule has 4 heteroatoms. The highest BCUT2D eigenvalue weighted by Gasteiger charge is 2.22. The van der Waals surface area contributed by atoms with Gasteiger partial charge in [-0.3, -0.25) is 5.10 Å². The molecule has 0 saturated carbocycles. The van der Waals surface area contributed by atoms with E-state index in [1.807, 2.05) is 43.3 Å². The molecule has 1 aromatic heterocycles. The first-order chi connectivity index (χ1) is 11.2. The summed E-state index contributed by atoms with van der Waals surface area (Å²) in [5, 5.41) is 17.4. The molecule has 3 aromatic rings. The molecule has 1 unspecified atom stereocenters. The van der Waals surface area contributed by atoms with Crippen molar-refractivity contribution in [3.8, 4) is 11.8 Å². The minimum Gasteiger partial charge on any atom is -0.486 e. The zero-order valence-electron chi connectivity index (χ0n) is 13.0. The van der Waals surface area contributed by atoms with Gasteiger partial charge >= 0.3 is 0 Å². The summed E-state index contributed by atoms with van der Waals surface area (Å²) in [6.45, 7) is 1.99. The lowest BCUT2D eigenvalue weighted by atomic mass is 9.88. The average molecular weight is 303 g/mol. The van der Waals surface area contributed by atoms with Crippen molar-refractivity contribution in [1.82, 2.24) is 10.2 Å². The lowest BCUT2D eigenvalue weighted by Crippen LogP contribution is -2.15. The third-order valence-corrected chi connectivity index (χ3v) is 4.53. The lowest BCUT2D eigenvalue weighted by Gasteiger charge is -2.26. The van der Waals surface area contributed by atoms with Crippen LogP contribution in [-0.4, -0.2) is 10.2 Å². The summed E-state index contributed by atoms with van der Waals surface area (Å²) in [4.78, 5) is 0. The molecule has 114 valence electrons. The van der Waals surface area contributed by atoms with Crippen LogP contribution in [0.5, 0.6) is 5.75 Å². The Kier molecular flexibility index (Phi) is 3.27. The molecule has 1 aliphatic carbocycles. The Hall–Kier alpha value is -2.80. The summed E-state index contributed by atoms with van der Waals surface area (Å²) in [6, 6.07) is 14.2. The van der Waals surface area contributed by atoms with Crippen molar-refractivity contribution in [2.24, 2.45) is 0 Å². The van der Waals surface area contributed by atoms with Crippen LogP contribution in [0.15, 0.2) is 36.4 Å². The van der Waals surface area contributed by atoms with E-state index in [9.17, 15) is 0 Å². The van der Waals surface area contributed by atoms with Crippen LogP contribution in [0.1, 0.15) is 41.3 Å². The topological polar surface area (TPSA) is 61.7 Å². The van der Waals surface area contributed by atoms with Gasteiger partial charge in [0.2, 0.25) is 0 Å². The Morgan fingerprint density at radius 2 is 2.17 bits per heavy atom. The quantitative estimate of drug-likeness (QED) is 0.771. The van der Waals surface area contributed by atoms with Gasteiger partial charge in [-0.15, -0.1) is 0 Å². The van der Waals surface area contributed by atoms with Gasteiger partial charge in [-0.05, 0) is 67.6 Å². The molecular weight excluding hydrogens is 286 g/mol. The molecule has 0 spiro atoms. The molecule has 1 heterocycles. The van der Waals surface area contributed by atoms with E-state index < -0.39 is 0 Å². The number of fused-ring (bicyclic) bond motifs is 2. The molecule has 1 N–H and O–H groups in total. The van der Waals surface area contributed by atoms with Gasteiger partial charge in [0.15, 0.2) is 0 Å². The Balaban J connectivity index is 1.66. The standard InChI is InChI=1S/C19H17N3O/c1-12-17-10-15(6-8-18(17)22-21-12)23-19-4-2-3-14-9-13(11-20)5-7-16(14)19/h5-10,19H,2-4H2,1H3,(H,21,22). The second kappa shape index (κ2) is 5.44. The summed E-state index contributed by atoms with van der Waals surface area (Å²) >= 11 is 0. The van der Waals surface area contributed by atoms with E-state index in [1.165, 1.54) is 11.1 Å². The van der Waals surface area contributed by atoms with E-state index >= 15 is 0 Å². The fraction of sp³-hybridized carbons (Fsp3) is 0.263. The Labute approximate surface area is 134 Å². The van der Waals surface area contributed by atoms with E-state index in [1.54, 1.807) is 0 Å². The molecule has 1 atom stereocenters. The summed E-state index contributed by atoms with van der Waals surface area (Å²) in [7, 11) is 0. The molecule has 0 fully saturated rings. The highest BCUT2D eigenvalue weighted by atomic mass is 16.5. The van der Waals surface area contributed by atoms with E-state index in [-0.39, 0.29) is 6.10 Å². The molecule has 0 saturated heterocycles. The molecule has 4 rings (SSSR count). The zero-order valence-corrected chi connectivity index (χ0v) is 13.0. The van der Waals surface area contributed by atoms with Crippen molar-refractivity contribution >= 4 is 10.9 Å². The molecule has 23 heavy (non-hydrogen) atoms. The average Bonchev–Trinajstić information content (AvgIpc) is 2.95. The van der Waals surface area contributed by atoms with Gasteiger partial charge in [0, 0.05) is 5.39 Å². The van der Waals surface area contributed by atoms with Crippen LogP contribution in [0.25, 0.3) is 10.9 Å². The van der Waals surface area contributed by atoms with Crippen LogP contribution < -0.4 is 4.74 Å². The number of H-pyrrole nitrogens is 1. The van der Waals surface area contributed by atoms with Crippen LogP contribution in [0.4, 0.5) is 0 Å². The van der Waals surface area contributed by atoms with Gasteiger partial charge in [-0.1, -0.05) is 6.07 Å². The third-order valence-electron chi connectivity index (χ3n) is 4.53. The summed E-state index contributed by atoms with van der Waals surface area (Å²) in [5.74, 6) is 0.865. The largest absolute Gasteiger partial charge is 0.486 e. The van der Waals surface area contributed by atoms with Crippen molar-refractivity contribution in [3.05, 3.63) is 58.8 Å². The maximum absolute atomic E-state index is 9.06. The van der Waals surface area contributed by atoms with Crippen molar-refractivity contribution in [1.29, 1.82) is 5.26 Å². The maximum atomic E-state index is 9.06. The van der Waals surface area contributed by atoms with Crippen LogP contribution >= 0.6 is 0 Å². The smallest absolute Gasteiger partial charge is 0.124 e. The number of nitrogens with zero attached hydrogens (tertiary/aromatic N) is 2. The number of rotatable bonds is 2. The second-order valence-corrected chi connectivity index (χ2v) is 6.04. The van der Waals surface area contributed by atoms with Gasteiger partial charge < -0.3 is 4.74 Å². The number of nitrogens with one attached hydrogen (secondary N) is 1. The highest BCUT2D eigenvalue weighted by Crippen LogP contribution is 2.35. The molecule has 0 radical (unpaired) electrons. The van der Waals surface area contributed by atoms with Gasteiger partial charge in [-0.25, -0.2) is 0 Å². The summed E-state index contributed by atoms with van der Waals surface area (Å²) in [5.41, 5.74) is 5.17. The molecule has 4 nitrogen and oxygen atoms in total. The van der Waals surface area contributed by atoms with Gasteiger partial charge in [0.25, 0.3) is 0 Å². The Bertz CT molecular complexity index is 920. The number of hydrogen-bond donors (Lipinski definition) is 1. The van der Waals surface area contributed by atoms with Crippen molar-refractivity contribution in [2.45, 2.75) is 32.3 Å². The van der Waals surface area contributed by atoms with E-state index in [0.29, 0.717) is 0 Å². The van der Waals surface area contributed by atoms with Crippen LogP contribution in [-0.2, 0) is 6.42 Å². The second-order valence-electron chi connectivity index (χ2n) is 6.04. The third kappa shape index (κ3) is 2.44. The number of benzene rings is 2. The van der Waals surface area contributed by atoms with Crippen molar-refractivity contribution in [2.75, 3.05) is 0 Å². The molecular formula is C19H17N3O. The molecule has 1 aliphatic rings. The molecule has 0 bridgehead atoms. The van der Waals surface area contributed by atoms with E-state index in [0.717, 1.165) is 47.2 Å². The van der Waals surface area contributed by atoms with Gasteiger partial charge in [0.05, 0.1) is 22.8 Å². The first-order valence-corrected chi connectivity index (χ1v) is 7.89. The predicted molar refractivity (Wildman–Crippen MR) is 88.3 cm³/mol. The van der Waals surface area contributed by atoms with E-state index in [2.05, 4.69) is 16.3 Å². The van der Waals surface area contributed by atoms with Crippen molar-refractivity contribution < 1.29 is 4.74 Å². The minimum atomic E-state index is 0.0520. The predicted octanol–water partition coefficient (Wildman–Crippen LogP) is 4.20. The van der Waals surface area contributed by atoms with E-state index in [4.69, 9.17) is 10.00 Å². The number of aromatic nitrogens is 2.